The second-order valence-corrected chi connectivity index (χ2v) is 4.92. The van der Waals surface area contributed by atoms with Crippen molar-refractivity contribution >= 4 is 17.6 Å². The molecular weight excluding hydrogens is 261 g/mol. The number of nitrogens with one attached hydrogen (secondary N) is 1. The molecule has 1 rings (SSSR count). The zero-order valence-corrected chi connectivity index (χ0v) is 11.3. The Balaban J connectivity index is 2.91. The molecule has 0 aliphatic carbocycles. The third-order valence-corrected chi connectivity index (χ3v) is 3.23. The molecule has 0 unspecified atom stereocenters. The van der Waals surface area contributed by atoms with Crippen molar-refractivity contribution in [3.8, 4) is 0 Å². The van der Waals surface area contributed by atoms with E-state index < -0.39 is 11.7 Å². The number of nitrogens with zero attached hydrogens (tertiary/aromatic N) is 1. The van der Waals surface area contributed by atoms with Crippen molar-refractivity contribution in [1.29, 1.82) is 0 Å². The number of pyridine rings is 1. The van der Waals surface area contributed by atoms with Crippen LogP contribution in [0, 0.1) is 0 Å². The van der Waals surface area contributed by atoms with Gasteiger partial charge in [0.2, 0.25) is 0 Å². The van der Waals surface area contributed by atoms with Gasteiger partial charge in [-0.1, -0.05) is 13.3 Å². The molecule has 0 saturated heterocycles. The Kier molecular flexibility index (Phi) is 5.78. The number of rotatable bonds is 6. The van der Waals surface area contributed by atoms with Gasteiger partial charge >= 0.3 is 6.18 Å². The summed E-state index contributed by atoms with van der Waals surface area (Å²) < 4.78 is 38.1. The lowest BCUT2D eigenvalue weighted by Crippen LogP contribution is -2.08. The third kappa shape index (κ3) is 4.76. The van der Waals surface area contributed by atoms with Crippen LogP contribution < -0.4 is 5.32 Å². The quantitative estimate of drug-likeness (QED) is 0.615. The van der Waals surface area contributed by atoms with E-state index >= 15 is 0 Å². The fourth-order valence-corrected chi connectivity index (χ4v) is 2.35. The van der Waals surface area contributed by atoms with E-state index in [9.17, 15) is 13.2 Å². The van der Waals surface area contributed by atoms with Gasteiger partial charge in [-0.3, -0.25) is 0 Å². The lowest BCUT2D eigenvalue weighted by atomic mass is 10.2. The van der Waals surface area contributed by atoms with E-state index in [2.05, 4.69) is 10.3 Å². The summed E-state index contributed by atoms with van der Waals surface area (Å²) in [5.41, 5.74) is -0.646. The van der Waals surface area contributed by atoms with Crippen LogP contribution in [0.4, 0.5) is 19.0 Å². The average Bonchev–Trinajstić information content (AvgIpc) is 2.28. The third-order valence-electron chi connectivity index (χ3n) is 2.23. The maximum Gasteiger partial charge on any atom is 0.416 e. The number of aromatic nitrogens is 1. The summed E-state index contributed by atoms with van der Waals surface area (Å²) in [7, 11) is 0. The first-order valence-corrected chi connectivity index (χ1v) is 6.92. The van der Waals surface area contributed by atoms with Crippen molar-refractivity contribution < 1.29 is 13.2 Å². The second kappa shape index (κ2) is 6.87. The van der Waals surface area contributed by atoms with E-state index in [4.69, 9.17) is 0 Å². The molecule has 18 heavy (non-hydrogen) atoms. The maximum absolute atomic E-state index is 12.7. The van der Waals surface area contributed by atoms with Gasteiger partial charge in [0.1, 0.15) is 5.82 Å². The predicted molar refractivity (Wildman–Crippen MR) is 69.0 cm³/mol. The highest BCUT2D eigenvalue weighted by Crippen LogP contribution is 2.33. The van der Waals surface area contributed by atoms with E-state index in [-0.39, 0.29) is 5.82 Å². The SMILES string of the molecule is CCCCSc1cc(C(F)(F)F)cc(NCC)n1. The first-order chi connectivity index (χ1) is 8.47. The normalized spacial score (nSPS) is 11.6. The summed E-state index contributed by atoms with van der Waals surface area (Å²) in [4.78, 5) is 4.16. The summed E-state index contributed by atoms with van der Waals surface area (Å²) >= 11 is 1.36. The summed E-state index contributed by atoms with van der Waals surface area (Å²) in [5, 5.41) is 3.25. The van der Waals surface area contributed by atoms with E-state index in [0.717, 1.165) is 30.7 Å². The monoisotopic (exact) mass is 278 g/mol. The number of unbranched alkanes of at least 4 members (excludes halogenated alkanes) is 1. The van der Waals surface area contributed by atoms with Gasteiger partial charge < -0.3 is 5.32 Å². The van der Waals surface area contributed by atoms with Crippen LogP contribution in [0.1, 0.15) is 32.3 Å². The van der Waals surface area contributed by atoms with Crippen LogP contribution in [0.2, 0.25) is 0 Å². The van der Waals surface area contributed by atoms with Crippen molar-refractivity contribution in [3.05, 3.63) is 17.7 Å². The highest BCUT2D eigenvalue weighted by molar-refractivity contribution is 7.99. The molecule has 0 saturated carbocycles. The molecule has 0 aliphatic rings. The highest BCUT2D eigenvalue weighted by Gasteiger charge is 2.31. The molecule has 1 aromatic heterocycles. The zero-order valence-electron chi connectivity index (χ0n) is 10.5. The number of halogens is 3. The number of hydrogen-bond acceptors (Lipinski definition) is 3. The van der Waals surface area contributed by atoms with Gasteiger partial charge in [-0.25, -0.2) is 4.98 Å². The smallest absolute Gasteiger partial charge is 0.370 e. The lowest BCUT2D eigenvalue weighted by Gasteiger charge is -2.11. The van der Waals surface area contributed by atoms with Crippen molar-refractivity contribution in [3.63, 3.8) is 0 Å². The average molecular weight is 278 g/mol. The van der Waals surface area contributed by atoms with Gasteiger partial charge in [0.15, 0.2) is 0 Å². The first kappa shape index (κ1) is 15.1. The molecule has 0 aliphatic heterocycles. The van der Waals surface area contributed by atoms with Crippen molar-refractivity contribution in [2.75, 3.05) is 17.6 Å². The van der Waals surface area contributed by atoms with Crippen molar-refractivity contribution in [2.45, 2.75) is 37.9 Å². The van der Waals surface area contributed by atoms with Gasteiger partial charge in [0.05, 0.1) is 10.6 Å². The number of hydrogen-bond donors (Lipinski definition) is 1. The van der Waals surface area contributed by atoms with Gasteiger partial charge in [-0.2, -0.15) is 13.2 Å². The number of thioether (sulfide) groups is 1. The Morgan fingerprint density at radius 3 is 2.56 bits per heavy atom. The summed E-state index contributed by atoms with van der Waals surface area (Å²) in [6.07, 6.45) is -2.33. The zero-order chi connectivity index (χ0) is 13.6. The lowest BCUT2D eigenvalue weighted by molar-refractivity contribution is -0.137. The molecule has 0 aromatic carbocycles. The summed E-state index contributed by atoms with van der Waals surface area (Å²) in [5.74, 6) is 1.07. The van der Waals surface area contributed by atoms with Crippen LogP contribution in [0.15, 0.2) is 17.2 Å². The van der Waals surface area contributed by atoms with Gasteiger partial charge in [-0.15, -0.1) is 11.8 Å². The first-order valence-electron chi connectivity index (χ1n) is 5.93. The maximum atomic E-state index is 12.7. The standard InChI is InChI=1S/C12H17F3N2S/c1-3-5-6-18-11-8-9(12(13,14)15)7-10(17-11)16-4-2/h7-8H,3-6H2,1-2H3,(H,16,17). The molecule has 0 amide bonds. The molecule has 1 heterocycles. The van der Waals surface area contributed by atoms with Crippen LogP contribution in [0.5, 0.6) is 0 Å². The Hall–Kier alpha value is -0.910. The van der Waals surface area contributed by atoms with Crippen LogP contribution >= 0.6 is 11.8 Å². The second-order valence-electron chi connectivity index (χ2n) is 3.81. The Labute approximate surface area is 109 Å². The Morgan fingerprint density at radius 2 is 2.00 bits per heavy atom. The van der Waals surface area contributed by atoms with Crippen LogP contribution in [0.3, 0.4) is 0 Å². The van der Waals surface area contributed by atoms with Gasteiger partial charge in [-0.05, 0) is 31.2 Å². The van der Waals surface area contributed by atoms with E-state index in [0.29, 0.717) is 11.6 Å². The van der Waals surface area contributed by atoms with Crippen LogP contribution in [0.25, 0.3) is 0 Å². The largest absolute Gasteiger partial charge is 0.416 e. The molecule has 1 N–H and O–H groups in total. The Morgan fingerprint density at radius 1 is 1.28 bits per heavy atom. The van der Waals surface area contributed by atoms with Crippen molar-refractivity contribution in [2.24, 2.45) is 0 Å². The fraction of sp³-hybridized carbons (Fsp3) is 0.583. The van der Waals surface area contributed by atoms with E-state index in [1.165, 1.54) is 11.8 Å². The minimum Gasteiger partial charge on any atom is -0.370 e. The molecule has 0 bridgehead atoms. The Bertz CT molecular complexity index is 380. The molecule has 0 fully saturated rings. The van der Waals surface area contributed by atoms with E-state index in [1.54, 1.807) is 0 Å². The topological polar surface area (TPSA) is 24.9 Å². The number of alkyl halides is 3. The van der Waals surface area contributed by atoms with Crippen molar-refractivity contribution in [1.82, 2.24) is 4.98 Å². The predicted octanol–water partition coefficient (Wildman–Crippen LogP) is 4.42. The van der Waals surface area contributed by atoms with Crippen LogP contribution in [-0.4, -0.2) is 17.3 Å². The highest BCUT2D eigenvalue weighted by atomic mass is 32.2. The van der Waals surface area contributed by atoms with Crippen LogP contribution in [-0.2, 0) is 6.18 Å². The molecule has 2 nitrogen and oxygen atoms in total. The molecule has 0 spiro atoms. The molecule has 0 atom stereocenters. The molecular formula is C12H17F3N2S. The summed E-state index contributed by atoms with van der Waals surface area (Å²) in [6.45, 7) is 4.42. The minimum absolute atomic E-state index is 0.284. The molecule has 102 valence electrons. The molecule has 0 radical (unpaired) electrons. The molecule has 1 aromatic rings. The van der Waals surface area contributed by atoms with Gasteiger partial charge in [0.25, 0.3) is 0 Å². The van der Waals surface area contributed by atoms with E-state index in [1.807, 2.05) is 13.8 Å². The van der Waals surface area contributed by atoms with Gasteiger partial charge in [0, 0.05) is 6.54 Å². The number of anilines is 1. The summed E-state index contributed by atoms with van der Waals surface area (Å²) in [6, 6.07) is 2.16. The fourth-order valence-electron chi connectivity index (χ4n) is 1.34. The molecule has 6 heteroatoms. The minimum atomic E-state index is -4.33.